The molecular formula is C16H23F2NO. The van der Waals surface area contributed by atoms with E-state index in [1.807, 2.05) is 13.8 Å². The van der Waals surface area contributed by atoms with Crippen LogP contribution in [0.5, 0.6) is 0 Å². The lowest BCUT2D eigenvalue weighted by Crippen LogP contribution is -2.51. The number of nitrogens with zero attached hydrogens (tertiary/aromatic N) is 1. The first-order valence-electron chi connectivity index (χ1n) is 7.23. The third kappa shape index (κ3) is 2.72. The maximum absolute atomic E-state index is 14.2. The van der Waals surface area contributed by atoms with E-state index in [9.17, 15) is 13.9 Å². The molecule has 1 fully saturated rings. The van der Waals surface area contributed by atoms with E-state index in [0.717, 1.165) is 25.9 Å². The molecule has 0 aliphatic carbocycles. The normalized spacial score (nSPS) is 19.1. The van der Waals surface area contributed by atoms with Gasteiger partial charge in [0.1, 0.15) is 17.7 Å². The summed E-state index contributed by atoms with van der Waals surface area (Å²) in [7, 11) is 0. The molecule has 1 aromatic rings. The number of hydrogen-bond donors (Lipinski definition) is 1. The summed E-state index contributed by atoms with van der Waals surface area (Å²) < 4.78 is 28.2. The predicted octanol–water partition coefficient (Wildman–Crippen LogP) is 3.57. The lowest BCUT2D eigenvalue weighted by molar-refractivity contribution is -0.0243. The highest BCUT2D eigenvalue weighted by Crippen LogP contribution is 2.36. The Balaban J connectivity index is 2.34. The molecule has 0 aromatic heterocycles. The first kappa shape index (κ1) is 15.4. The fraction of sp³-hybridized carbons (Fsp3) is 0.625. The molecule has 0 amide bonds. The van der Waals surface area contributed by atoms with E-state index in [-0.39, 0.29) is 5.56 Å². The number of rotatable bonds is 3. The highest BCUT2D eigenvalue weighted by atomic mass is 19.1. The number of aryl methyl sites for hydroxylation is 1. The topological polar surface area (TPSA) is 23.5 Å². The van der Waals surface area contributed by atoms with Crippen LogP contribution in [0.4, 0.5) is 8.78 Å². The van der Waals surface area contributed by atoms with E-state index in [2.05, 4.69) is 4.90 Å². The SMILES string of the molecule is Cc1ccc(F)c(C(O)C(C)(C)N2CCCCC2)c1F. The summed E-state index contributed by atoms with van der Waals surface area (Å²) >= 11 is 0. The molecule has 0 bridgehead atoms. The Bertz CT molecular complexity index is 482. The number of benzene rings is 1. The molecule has 2 nitrogen and oxygen atoms in total. The minimum atomic E-state index is -1.18. The molecule has 0 radical (unpaired) electrons. The largest absolute Gasteiger partial charge is 0.386 e. The van der Waals surface area contributed by atoms with Crippen molar-refractivity contribution in [3.05, 3.63) is 34.9 Å². The molecule has 1 aliphatic heterocycles. The summed E-state index contributed by atoms with van der Waals surface area (Å²) in [5, 5.41) is 10.6. The highest BCUT2D eigenvalue weighted by molar-refractivity contribution is 5.30. The van der Waals surface area contributed by atoms with Crippen LogP contribution in [0.25, 0.3) is 0 Å². The van der Waals surface area contributed by atoms with Crippen LogP contribution in [0.3, 0.4) is 0 Å². The van der Waals surface area contributed by atoms with Crippen molar-refractivity contribution in [2.45, 2.75) is 51.7 Å². The Kier molecular flexibility index (Phi) is 4.45. The second-order valence-electron chi connectivity index (χ2n) is 6.20. The van der Waals surface area contributed by atoms with Crippen LogP contribution in [0.1, 0.15) is 50.3 Å². The van der Waals surface area contributed by atoms with Gasteiger partial charge in [-0.1, -0.05) is 12.5 Å². The van der Waals surface area contributed by atoms with Gasteiger partial charge in [-0.15, -0.1) is 0 Å². The van der Waals surface area contributed by atoms with Crippen LogP contribution in [0, 0.1) is 18.6 Å². The van der Waals surface area contributed by atoms with Crippen molar-refractivity contribution >= 4 is 0 Å². The Labute approximate surface area is 119 Å². The lowest BCUT2D eigenvalue weighted by Gasteiger charge is -2.44. The molecule has 4 heteroatoms. The third-order valence-electron chi connectivity index (χ3n) is 4.43. The molecule has 1 saturated heterocycles. The van der Waals surface area contributed by atoms with Crippen LogP contribution in [-0.4, -0.2) is 28.6 Å². The molecular weight excluding hydrogens is 260 g/mol. The minimum absolute atomic E-state index is 0.208. The molecule has 2 rings (SSSR count). The predicted molar refractivity (Wildman–Crippen MR) is 75.6 cm³/mol. The van der Waals surface area contributed by atoms with Gasteiger partial charge >= 0.3 is 0 Å². The van der Waals surface area contributed by atoms with Gasteiger partial charge in [0.25, 0.3) is 0 Å². The molecule has 112 valence electrons. The molecule has 0 spiro atoms. The maximum Gasteiger partial charge on any atom is 0.134 e. The maximum atomic E-state index is 14.2. The van der Waals surface area contributed by atoms with Crippen LogP contribution in [0.15, 0.2) is 12.1 Å². The lowest BCUT2D eigenvalue weighted by atomic mass is 9.86. The van der Waals surface area contributed by atoms with Gasteiger partial charge in [0.2, 0.25) is 0 Å². The Morgan fingerprint density at radius 2 is 1.75 bits per heavy atom. The summed E-state index contributed by atoms with van der Waals surface area (Å²) in [6, 6.07) is 2.62. The van der Waals surface area contributed by atoms with E-state index in [4.69, 9.17) is 0 Å². The van der Waals surface area contributed by atoms with Crippen molar-refractivity contribution in [2.75, 3.05) is 13.1 Å². The van der Waals surface area contributed by atoms with E-state index >= 15 is 0 Å². The third-order valence-corrected chi connectivity index (χ3v) is 4.43. The van der Waals surface area contributed by atoms with E-state index in [1.165, 1.54) is 18.6 Å². The molecule has 1 unspecified atom stereocenters. The van der Waals surface area contributed by atoms with Crippen LogP contribution in [0.2, 0.25) is 0 Å². The molecule has 0 saturated carbocycles. The smallest absolute Gasteiger partial charge is 0.134 e. The fourth-order valence-corrected chi connectivity index (χ4v) is 2.93. The number of aliphatic hydroxyl groups excluding tert-OH is 1. The standard InChI is InChI=1S/C16H23F2NO/c1-11-7-8-12(17)13(14(11)18)15(20)16(2,3)19-9-5-4-6-10-19/h7-8,15,20H,4-6,9-10H2,1-3H3. The summed E-state index contributed by atoms with van der Waals surface area (Å²) in [5.41, 5.74) is -0.536. The molecule has 1 N–H and O–H groups in total. The van der Waals surface area contributed by atoms with E-state index in [0.29, 0.717) is 5.56 Å². The van der Waals surface area contributed by atoms with Crippen LogP contribution < -0.4 is 0 Å². The van der Waals surface area contributed by atoms with Gasteiger partial charge < -0.3 is 5.11 Å². The zero-order valence-corrected chi connectivity index (χ0v) is 12.4. The Morgan fingerprint density at radius 1 is 1.15 bits per heavy atom. The highest BCUT2D eigenvalue weighted by Gasteiger charge is 2.38. The Hall–Kier alpha value is -1.00. The average Bonchev–Trinajstić information content (AvgIpc) is 2.44. The summed E-state index contributed by atoms with van der Waals surface area (Å²) in [4.78, 5) is 2.13. The van der Waals surface area contributed by atoms with Crippen LogP contribution >= 0.6 is 0 Å². The minimum Gasteiger partial charge on any atom is -0.386 e. The molecule has 20 heavy (non-hydrogen) atoms. The van der Waals surface area contributed by atoms with Crippen LogP contribution in [-0.2, 0) is 0 Å². The first-order valence-corrected chi connectivity index (χ1v) is 7.23. The van der Waals surface area contributed by atoms with Crippen molar-refractivity contribution in [3.8, 4) is 0 Å². The number of likely N-dealkylation sites (tertiary alicyclic amines) is 1. The van der Waals surface area contributed by atoms with E-state index < -0.39 is 23.3 Å². The zero-order valence-electron chi connectivity index (χ0n) is 12.4. The number of piperidine rings is 1. The summed E-state index contributed by atoms with van der Waals surface area (Å²) in [6.45, 7) is 7.01. The van der Waals surface area contributed by atoms with Gasteiger partial charge in [-0.2, -0.15) is 0 Å². The molecule has 1 aliphatic rings. The van der Waals surface area contributed by atoms with Gasteiger partial charge in [0.05, 0.1) is 5.56 Å². The van der Waals surface area contributed by atoms with Crippen molar-refractivity contribution in [2.24, 2.45) is 0 Å². The van der Waals surface area contributed by atoms with Gasteiger partial charge in [0, 0.05) is 5.54 Å². The van der Waals surface area contributed by atoms with E-state index in [1.54, 1.807) is 6.92 Å². The van der Waals surface area contributed by atoms with Crippen molar-refractivity contribution < 1.29 is 13.9 Å². The van der Waals surface area contributed by atoms with Gasteiger partial charge in [0.15, 0.2) is 0 Å². The summed E-state index contributed by atoms with van der Waals surface area (Å²) in [6.07, 6.45) is 2.13. The van der Waals surface area contributed by atoms with Crippen molar-refractivity contribution in [1.29, 1.82) is 0 Å². The quantitative estimate of drug-likeness (QED) is 0.916. The molecule has 1 atom stereocenters. The van der Waals surface area contributed by atoms with Gasteiger partial charge in [-0.05, 0) is 58.3 Å². The first-order chi connectivity index (χ1) is 9.35. The average molecular weight is 283 g/mol. The number of halogens is 2. The fourth-order valence-electron chi connectivity index (χ4n) is 2.93. The second-order valence-corrected chi connectivity index (χ2v) is 6.20. The summed E-state index contributed by atoms with van der Waals surface area (Å²) in [5.74, 6) is -1.31. The number of hydrogen-bond acceptors (Lipinski definition) is 2. The zero-order chi connectivity index (χ0) is 14.9. The number of aliphatic hydroxyl groups is 1. The van der Waals surface area contributed by atoms with Gasteiger partial charge in [-0.3, -0.25) is 4.90 Å². The van der Waals surface area contributed by atoms with Crippen molar-refractivity contribution in [3.63, 3.8) is 0 Å². The molecule has 1 heterocycles. The Morgan fingerprint density at radius 3 is 2.35 bits per heavy atom. The molecule has 1 aromatic carbocycles. The monoisotopic (exact) mass is 283 g/mol. The van der Waals surface area contributed by atoms with Gasteiger partial charge in [-0.25, -0.2) is 8.78 Å². The van der Waals surface area contributed by atoms with Crippen molar-refractivity contribution in [1.82, 2.24) is 4.90 Å². The second kappa shape index (κ2) is 5.78.